The molecule has 15 heavy (non-hydrogen) atoms. The highest BCUT2D eigenvalue weighted by atomic mass is 16.3. The van der Waals surface area contributed by atoms with Crippen molar-refractivity contribution in [1.29, 1.82) is 0 Å². The zero-order valence-corrected chi connectivity index (χ0v) is 8.68. The van der Waals surface area contributed by atoms with Crippen LogP contribution in [0, 0.1) is 6.92 Å². The molecule has 0 saturated carbocycles. The molecule has 1 saturated heterocycles. The molecule has 1 amide bonds. The number of rotatable bonds is 1. The van der Waals surface area contributed by atoms with Gasteiger partial charge in [-0.15, -0.1) is 0 Å². The van der Waals surface area contributed by atoms with Crippen molar-refractivity contribution in [3.05, 3.63) is 29.6 Å². The molecule has 80 valence electrons. The molecule has 1 atom stereocenters. The van der Waals surface area contributed by atoms with Gasteiger partial charge in [0.25, 0.3) is 5.91 Å². The van der Waals surface area contributed by atoms with Crippen LogP contribution in [-0.4, -0.2) is 40.1 Å². The van der Waals surface area contributed by atoms with Crippen molar-refractivity contribution in [2.75, 3.05) is 13.1 Å². The largest absolute Gasteiger partial charge is 0.391 e. The number of pyridine rings is 1. The number of carbonyl (C=O) groups excluding carboxylic acids is 1. The maximum Gasteiger partial charge on any atom is 0.272 e. The summed E-state index contributed by atoms with van der Waals surface area (Å²) in [6.45, 7) is 2.90. The lowest BCUT2D eigenvalue weighted by atomic mass is 10.3. The smallest absolute Gasteiger partial charge is 0.272 e. The van der Waals surface area contributed by atoms with E-state index in [4.69, 9.17) is 0 Å². The summed E-state index contributed by atoms with van der Waals surface area (Å²) in [5.41, 5.74) is 1.30. The van der Waals surface area contributed by atoms with E-state index < -0.39 is 0 Å². The van der Waals surface area contributed by atoms with Crippen molar-refractivity contribution in [2.24, 2.45) is 0 Å². The molecule has 1 N–H and O–H groups in total. The zero-order valence-electron chi connectivity index (χ0n) is 8.68. The fraction of sp³-hybridized carbons (Fsp3) is 0.455. The molecule has 0 spiro atoms. The molecule has 1 aromatic heterocycles. The number of nitrogens with zero attached hydrogens (tertiary/aromatic N) is 2. The van der Waals surface area contributed by atoms with Crippen molar-refractivity contribution in [3.63, 3.8) is 0 Å². The van der Waals surface area contributed by atoms with Crippen molar-refractivity contribution in [1.82, 2.24) is 9.88 Å². The SMILES string of the molecule is Cc1cccc(C(=O)N2CCC(O)C2)n1. The summed E-state index contributed by atoms with van der Waals surface area (Å²) >= 11 is 0. The van der Waals surface area contributed by atoms with E-state index in [1.165, 1.54) is 0 Å². The number of aliphatic hydroxyl groups excluding tert-OH is 1. The normalized spacial score (nSPS) is 20.7. The average Bonchev–Trinajstić information content (AvgIpc) is 2.64. The quantitative estimate of drug-likeness (QED) is 0.732. The van der Waals surface area contributed by atoms with E-state index in [-0.39, 0.29) is 12.0 Å². The summed E-state index contributed by atoms with van der Waals surface area (Å²) in [6.07, 6.45) is 0.288. The number of hydrogen-bond donors (Lipinski definition) is 1. The highest BCUT2D eigenvalue weighted by molar-refractivity contribution is 5.92. The fourth-order valence-electron chi connectivity index (χ4n) is 1.75. The number of likely N-dealkylation sites (tertiary alicyclic amines) is 1. The van der Waals surface area contributed by atoms with Crippen molar-refractivity contribution in [2.45, 2.75) is 19.4 Å². The van der Waals surface area contributed by atoms with Crippen LogP contribution in [0.1, 0.15) is 22.6 Å². The number of carbonyl (C=O) groups is 1. The number of aromatic nitrogens is 1. The van der Waals surface area contributed by atoms with Crippen molar-refractivity contribution < 1.29 is 9.90 Å². The molecule has 0 aliphatic carbocycles. The third kappa shape index (κ3) is 2.15. The summed E-state index contributed by atoms with van der Waals surface area (Å²) in [7, 11) is 0. The molecule has 2 rings (SSSR count). The van der Waals surface area contributed by atoms with Crippen LogP contribution in [0.4, 0.5) is 0 Å². The first kappa shape index (κ1) is 10.1. The van der Waals surface area contributed by atoms with Gasteiger partial charge in [-0.1, -0.05) is 6.07 Å². The van der Waals surface area contributed by atoms with Crippen LogP contribution in [-0.2, 0) is 0 Å². The van der Waals surface area contributed by atoms with E-state index in [0.717, 1.165) is 5.69 Å². The Morgan fingerprint density at radius 2 is 2.40 bits per heavy atom. The Hall–Kier alpha value is -1.42. The van der Waals surface area contributed by atoms with Crippen LogP contribution in [0.5, 0.6) is 0 Å². The predicted octanol–water partition coefficient (Wildman–Crippen LogP) is 0.597. The van der Waals surface area contributed by atoms with Gasteiger partial charge in [-0.05, 0) is 25.5 Å². The highest BCUT2D eigenvalue weighted by Gasteiger charge is 2.25. The molecule has 1 unspecified atom stereocenters. The molecule has 1 aliphatic heterocycles. The van der Waals surface area contributed by atoms with Crippen LogP contribution >= 0.6 is 0 Å². The highest BCUT2D eigenvalue weighted by Crippen LogP contribution is 2.12. The van der Waals surface area contributed by atoms with Gasteiger partial charge in [0.05, 0.1) is 6.10 Å². The number of hydrogen-bond acceptors (Lipinski definition) is 3. The summed E-state index contributed by atoms with van der Waals surface area (Å²) < 4.78 is 0. The first-order chi connectivity index (χ1) is 7.16. The topological polar surface area (TPSA) is 53.4 Å². The first-order valence-electron chi connectivity index (χ1n) is 5.08. The molecule has 0 bridgehead atoms. The summed E-state index contributed by atoms with van der Waals surface area (Å²) in [5.74, 6) is -0.0877. The Balaban J connectivity index is 2.14. The molecular formula is C11H14N2O2. The third-order valence-corrected chi connectivity index (χ3v) is 2.56. The summed E-state index contributed by atoms with van der Waals surface area (Å²) in [5, 5.41) is 9.34. The number of aliphatic hydroxyl groups is 1. The van der Waals surface area contributed by atoms with Crippen molar-refractivity contribution >= 4 is 5.91 Å². The van der Waals surface area contributed by atoms with E-state index >= 15 is 0 Å². The molecule has 0 radical (unpaired) electrons. The van der Waals surface area contributed by atoms with Gasteiger partial charge in [0.1, 0.15) is 5.69 Å². The summed E-state index contributed by atoms with van der Waals surface area (Å²) in [4.78, 5) is 17.7. The second-order valence-electron chi connectivity index (χ2n) is 3.86. The molecule has 1 aromatic rings. The van der Waals surface area contributed by atoms with Crippen LogP contribution in [0.2, 0.25) is 0 Å². The third-order valence-electron chi connectivity index (χ3n) is 2.56. The standard InChI is InChI=1S/C11H14N2O2/c1-8-3-2-4-10(12-8)11(15)13-6-5-9(14)7-13/h2-4,9,14H,5-7H2,1H3. The van der Waals surface area contributed by atoms with Gasteiger partial charge < -0.3 is 10.0 Å². The zero-order chi connectivity index (χ0) is 10.8. The van der Waals surface area contributed by atoms with Gasteiger partial charge >= 0.3 is 0 Å². The second kappa shape index (κ2) is 3.98. The van der Waals surface area contributed by atoms with Gasteiger partial charge in [0, 0.05) is 18.8 Å². The number of aryl methyl sites for hydroxylation is 1. The van der Waals surface area contributed by atoms with E-state index in [1.807, 2.05) is 19.1 Å². The molecular weight excluding hydrogens is 192 g/mol. The molecule has 4 nitrogen and oxygen atoms in total. The maximum atomic E-state index is 11.9. The number of β-amino-alcohol motifs (C(OH)–C–C–N with tert-alkyl or cyclic N) is 1. The second-order valence-corrected chi connectivity index (χ2v) is 3.86. The predicted molar refractivity (Wildman–Crippen MR) is 55.5 cm³/mol. The molecule has 1 aliphatic rings. The lowest BCUT2D eigenvalue weighted by molar-refractivity contribution is 0.0759. The Morgan fingerprint density at radius 3 is 3.00 bits per heavy atom. The Bertz CT molecular complexity index is 379. The van der Waals surface area contributed by atoms with Gasteiger partial charge in [-0.25, -0.2) is 4.98 Å². The molecule has 4 heteroatoms. The lowest BCUT2D eigenvalue weighted by Gasteiger charge is -2.14. The fourth-order valence-corrected chi connectivity index (χ4v) is 1.75. The van der Waals surface area contributed by atoms with E-state index in [1.54, 1.807) is 11.0 Å². The maximum absolute atomic E-state index is 11.9. The van der Waals surface area contributed by atoms with Gasteiger partial charge in [-0.2, -0.15) is 0 Å². The minimum absolute atomic E-state index is 0.0877. The number of amides is 1. The van der Waals surface area contributed by atoms with E-state index in [9.17, 15) is 9.90 Å². The van der Waals surface area contributed by atoms with Crippen LogP contribution in [0.15, 0.2) is 18.2 Å². The minimum Gasteiger partial charge on any atom is -0.391 e. The van der Waals surface area contributed by atoms with Crippen LogP contribution in [0.3, 0.4) is 0 Å². The molecule has 2 heterocycles. The van der Waals surface area contributed by atoms with Gasteiger partial charge in [0.2, 0.25) is 0 Å². The Labute approximate surface area is 88.6 Å². The molecule has 0 aromatic carbocycles. The average molecular weight is 206 g/mol. The van der Waals surface area contributed by atoms with E-state index in [2.05, 4.69) is 4.98 Å². The van der Waals surface area contributed by atoms with Crippen LogP contribution in [0.25, 0.3) is 0 Å². The lowest BCUT2D eigenvalue weighted by Crippen LogP contribution is -2.30. The Kier molecular flexibility index (Phi) is 2.68. The van der Waals surface area contributed by atoms with Crippen LogP contribution < -0.4 is 0 Å². The molecule has 1 fully saturated rings. The monoisotopic (exact) mass is 206 g/mol. The first-order valence-corrected chi connectivity index (χ1v) is 5.08. The minimum atomic E-state index is -0.376. The van der Waals surface area contributed by atoms with Gasteiger partial charge in [0.15, 0.2) is 0 Å². The van der Waals surface area contributed by atoms with Gasteiger partial charge in [-0.3, -0.25) is 4.79 Å². The Morgan fingerprint density at radius 1 is 1.60 bits per heavy atom. The van der Waals surface area contributed by atoms with E-state index in [0.29, 0.717) is 25.2 Å². The summed E-state index contributed by atoms with van der Waals surface area (Å²) in [6, 6.07) is 5.39. The van der Waals surface area contributed by atoms with Crippen molar-refractivity contribution in [3.8, 4) is 0 Å².